The Morgan fingerprint density at radius 3 is 2.64 bits per heavy atom. The Bertz CT molecular complexity index is 649. The lowest BCUT2D eigenvalue weighted by molar-refractivity contribution is -0.150. The van der Waals surface area contributed by atoms with E-state index in [2.05, 4.69) is 11.4 Å². The van der Waals surface area contributed by atoms with Crippen molar-refractivity contribution in [2.24, 2.45) is 5.92 Å². The second kappa shape index (κ2) is 7.14. The standard InChI is InChI=1S/C16H16N2O3S/c1-3-22-15-11(9-17)12(10-7-5-4-6-8-10)13(14(19)18-15)16(20)21-2/h4-8,12-13H,3H2,1-2H3,(H,18,19)/t12-,13-/m0/s1. The predicted octanol–water partition coefficient (Wildman–Crippen LogP) is 2.18. The number of benzene rings is 1. The topological polar surface area (TPSA) is 79.2 Å². The molecule has 0 radical (unpaired) electrons. The summed E-state index contributed by atoms with van der Waals surface area (Å²) in [5.74, 6) is -2.04. The van der Waals surface area contributed by atoms with Crippen molar-refractivity contribution in [2.45, 2.75) is 12.8 Å². The van der Waals surface area contributed by atoms with Crippen LogP contribution in [0.2, 0.25) is 0 Å². The maximum Gasteiger partial charge on any atom is 0.319 e. The third-order valence-electron chi connectivity index (χ3n) is 3.43. The molecular weight excluding hydrogens is 300 g/mol. The van der Waals surface area contributed by atoms with Crippen molar-refractivity contribution < 1.29 is 14.3 Å². The molecule has 0 spiro atoms. The van der Waals surface area contributed by atoms with E-state index in [1.54, 1.807) is 0 Å². The van der Waals surface area contributed by atoms with E-state index in [0.717, 1.165) is 5.56 Å². The molecule has 0 bridgehead atoms. The Labute approximate surface area is 133 Å². The van der Waals surface area contributed by atoms with Gasteiger partial charge in [-0.15, -0.1) is 11.8 Å². The van der Waals surface area contributed by atoms with Gasteiger partial charge in [-0.05, 0) is 11.3 Å². The van der Waals surface area contributed by atoms with Crippen LogP contribution in [-0.4, -0.2) is 24.7 Å². The van der Waals surface area contributed by atoms with E-state index in [1.807, 2.05) is 37.3 Å². The summed E-state index contributed by atoms with van der Waals surface area (Å²) in [6.07, 6.45) is 0. The van der Waals surface area contributed by atoms with Crippen molar-refractivity contribution in [3.8, 4) is 6.07 Å². The van der Waals surface area contributed by atoms with E-state index >= 15 is 0 Å². The van der Waals surface area contributed by atoms with E-state index in [4.69, 9.17) is 4.74 Å². The molecule has 0 unspecified atom stereocenters. The van der Waals surface area contributed by atoms with Crippen LogP contribution in [0.5, 0.6) is 0 Å². The number of nitriles is 1. The first-order valence-electron chi connectivity index (χ1n) is 6.84. The van der Waals surface area contributed by atoms with E-state index in [-0.39, 0.29) is 0 Å². The summed E-state index contributed by atoms with van der Waals surface area (Å²) in [4.78, 5) is 24.4. The number of allylic oxidation sites excluding steroid dienone is 1. The molecule has 2 rings (SSSR count). The predicted molar refractivity (Wildman–Crippen MR) is 83.6 cm³/mol. The van der Waals surface area contributed by atoms with Gasteiger partial charge in [-0.1, -0.05) is 37.3 Å². The first-order valence-corrected chi connectivity index (χ1v) is 7.83. The second-order valence-electron chi connectivity index (χ2n) is 4.67. The molecule has 0 saturated carbocycles. The number of nitrogens with zero attached hydrogens (tertiary/aromatic N) is 1. The Balaban J connectivity index is 2.60. The van der Waals surface area contributed by atoms with Gasteiger partial charge in [-0.2, -0.15) is 5.26 Å². The van der Waals surface area contributed by atoms with E-state index in [1.165, 1.54) is 18.9 Å². The number of nitrogens with one attached hydrogen (secondary N) is 1. The monoisotopic (exact) mass is 316 g/mol. The largest absolute Gasteiger partial charge is 0.468 e. The van der Waals surface area contributed by atoms with Crippen LogP contribution < -0.4 is 5.32 Å². The average Bonchev–Trinajstić information content (AvgIpc) is 2.54. The minimum absolute atomic E-state index is 0.396. The average molecular weight is 316 g/mol. The third kappa shape index (κ3) is 3.00. The van der Waals surface area contributed by atoms with E-state index in [0.29, 0.717) is 16.4 Å². The molecular formula is C16H16N2O3S. The Morgan fingerprint density at radius 1 is 1.41 bits per heavy atom. The smallest absolute Gasteiger partial charge is 0.319 e. The minimum Gasteiger partial charge on any atom is -0.468 e. The van der Waals surface area contributed by atoms with Crippen molar-refractivity contribution in [2.75, 3.05) is 12.9 Å². The SMILES string of the molecule is CCSC1=C(C#N)[C@H](c2ccccc2)[C@H](C(=O)OC)C(=O)N1. The number of ether oxygens (including phenoxy) is 1. The molecule has 114 valence electrons. The molecule has 6 heteroatoms. The Morgan fingerprint density at radius 2 is 2.09 bits per heavy atom. The number of carbonyl (C=O) groups is 2. The normalized spacial score (nSPS) is 21.0. The highest BCUT2D eigenvalue weighted by atomic mass is 32.2. The van der Waals surface area contributed by atoms with Crippen LogP contribution in [0.4, 0.5) is 0 Å². The molecule has 1 aliphatic rings. The number of methoxy groups -OCH3 is 1. The zero-order valence-electron chi connectivity index (χ0n) is 12.3. The fourth-order valence-electron chi connectivity index (χ4n) is 2.48. The van der Waals surface area contributed by atoms with Crippen LogP contribution in [0, 0.1) is 17.2 Å². The molecule has 1 aliphatic heterocycles. The van der Waals surface area contributed by atoms with Gasteiger partial charge in [0, 0.05) is 5.92 Å². The first-order chi connectivity index (χ1) is 10.6. The number of esters is 1. The summed E-state index contributed by atoms with van der Waals surface area (Å²) in [5, 5.41) is 12.7. The zero-order chi connectivity index (χ0) is 16.1. The minimum atomic E-state index is -1.05. The molecule has 1 aromatic rings. The van der Waals surface area contributed by atoms with Gasteiger partial charge in [0.05, 0.1) is 23.8 Å². The molecule has 1 amide bonds. The van der Waals surface area contributed by atoms with Crippen LogP contribution in [0.15, 0.2) is 40.9 Å². The highest BCUT2D eigenvalue weighted by molar-refractivity contribution is 8.03. The number of amides is 1. The van der Waals surface area contributed by atoms with Crippen molar-refractivity contribution in [1.29, 1.82) is 5.26 Å². The fraction of sp³-hybridized carbons (Fsp3) is 0.312. The van der Waals surface area contributed by atoms with Gasteiger partial charge in [0.25, 0.3) is 0 Å². The Hall–Kier alpha value is -2.26. The summed E-state index contributed by atoms with van der Waals surface area (Å²) >= 11 is 1.38. The van der Waals surface area contributed by atoms with Crippen LogP contribution in [0.3, 0.4) is 0 Å². The van der Waals surface area contributed by atoms with E-state index in [9.17, 15) is 14.9 Å². The molecule has 0 fully saturated rings. The van der Waals surface area contributed by atoms with E-state index < -0.39 is 23.7 Å². The van der Waals surface area contributed by atoms with Crippen LogP contribution >= 0.6 is 11.8 Å². The molecule has 1 heterocycles. The van der Waals surface area contributed by atoms with Crippen LogP contribution in [0.1, 0.15) is 18.4 Å². The van der Waals surface area contributed by atoms with Crippen LogP contribution in [-0.2, 0) is 14.3 Å². The fourth-order valence-corrected chi connectivity index (χ4v) is 3.27. The number of hydrogen-bond donors (Lipinski definition) is 1. The summed E-state index contributed by atoms with van der Waals surface area (Å²) in [7, 11) is 1.24. The number of carbonyl (C=O) groups excluding carboxylic acids is 2. The summed E-state index contributed by atoms with van der Waals surface area (Å²) < 4.78 is 4.76. The molecule has 1 aromatic carbocycles. The third-order valence-corrected chi connectivity index (χ3v) is 4.33. The first kappa shape index (κ1) is 16.1. The Kier molecular flexibility index (Phi) is 5.23. The summed E-state index contributed by atoms with van der Waals surface area (Å²) in [6, 6.07) is 11.3. The van der Waals surface area contributed by atoms with Gasteiger partial charge in [0.2, 0.25) is 5.91 Å². The lowest BCUT2D eigenvalue weighted by Gasteiger charge is -2.30. The molecule has 0 aliphatic carbocycles. The maximum absolute atomic E-state index is 12.4. The van der Waals surface area contributed by atoms with Gasteiger partial charge >= 0.3 is 5.97 Å². The van der Waals surface area contributed by atoms with Gasteiger partial charge in [-0.25, -0.2) is 0 Å². The molecule has 1 N–H and O–H groups in total. The summed E-state index contributed by atoms with van der Waals surface area (Å²) in [6.45, 7) is 1.93. The zero-order valence-corrected chi connectivity index (χ0v) is 13.1. The second-order valence-corrected chi connectivity index (χ2v) is 5.94. The van der Waals surface area contributed by atoms with Gasteiger partial charge in [0.15, 0.2) is 0 Å². The number of rotatable bonds is 4. The lowest BCUT2D eigenvalue weighted by Crippen LogP contribution is -2.44. The molecule has 5 nitrogen and oxygen atoms in total. The summed E-state index contributed by atoms with van der Waals surface area (Å²) in [5.41, 5.74) is 1.14. The molecule has 2 atom stereocenters. The van der Waals surface area contributed by atoms with Crippen molar-refractivity contribution in [1.82, 2.24) is 5.32 Å². The number of thioether (sulfide) groups is 1. The highest BCUT2D eigenvalue weighted by Crippen LogP contribution is 2.39. The van der Waals surface area contributed by atoms with Gasteiger partial charge < -0.3 is 10.1 Å². The van der Waals surface area contributed by atoms with Crippen molar-refractivity contribution in [3.63, 3.8) is 0 Å². The quantitative estimate of drug-likeness (QED) is 0.680. The van der Waals surface area contributed by atoms with Gasteiger partial charge in [-0.3, -0.25) is 9.59 Å². The molecule has 0 aromatic heterocycles. The van der Waals surface area contributed by atoms with Crippen LogP contribution in [0.25, 0.3) is 0 Å². The molecule has 0 saturated heterocycles. The lowest BCUT2D eigenvalue weighted by atomic mass is 9.78. The highest BCUT2D eigenvalue weighted by Gasteiger charge is 2.44. The number of hydrogen-bond acceptors (Lipinski definition) is 5. The molecule has 22 heavy (non-hydrogen) atoms. The van der Waals surface area contributed by atoms with Gasteiger partial charge in [0.1, 0.15) is 5.92 Å². The van der Waals surface area contributed by atoms with Crippen molar-refractivity contribution in [3.05, 3.63) is 46.5 Å². The van der Waals surface area contributed by atoms with Crippen molar-refractivity contribution >= 4 is 23.6 Å². The maximum atomic E-state index is 12.4.